The van der Waals surface area contributed by atoms with Crippen molar-refractivity contribution in [3.05, 3.63) is 62.5 Å². The highest BCUT2D eigenvalue weighted by atomic mass is 35.5. The maximum Gasteiger partial charge on any atom is 0.338 e. The van der Waals surface area contributed by atoms with E-state index in [2.05, 4.69) is 15.3 Å². The Kier molecular flexibility index (Phi) is 6.57. The Morgan fingerprint density at radius 2 is 2.16 bits per heavy atom. The number of carbonyl (C=O) groups is 2. The number of halogens is 2. The second-order valence-electron chi connectivity index (χ2n) is 7.70. The Labute approximate surface area is 193 Å². The number of nitrogens with zero attached hydrogens (tertiary/aromatic N) is 2. The van der Waals surface area contributed by atoms with Gasteiger partial charge in [-0.05, 0) is 25.3 Å². The Hall–Kier alpha value is -2.78. The molecule has 2 aromatic rings. The number of allylic oxidation sites excluding steroid dienone is 1. The SMILES string of the molecule is COC(=O)C1=C([C@@H]2CCC[C@H](C(=O)O)C2)NC(c2nccs2)=NC1c1cccc(F)c1Cl. The monoisotopic (exact) mass is 477 g/mol. The second-order valence-corrected chi connectivity index (χ2v) is 8.98. The number of aliphatic carboxylic acids is 1. The molecular weight excluding hydrogens is 457 g/mol. The van der Waals surface area contributed by atoms with Gasteiger partial charge in [0.25, 0.3) is 0 Å². The predicted octanol–water partition coefficient (Wildman–Crippen LogP) is 4.34. The molecule has 0 radical (unpaired) electrons. The van der Waals surface area contributed by atoms with Gasteiger partial charge in [-0.15, -0.1) is 11.3 Å². The highest BCUT2D eigenvalue weighted by Crippen LogP contribution is 2.42. The molecule has 10 heteroatoms. The number of carboxylic acids is 1. The quantitative estimate of drug-likeness (QED) is 0.621. The summed E-state index contributed by atoms with van der Waals surface area (Å²) in [6.45, 7) is 0. The smallest absolute Gasteiger partial charge is 0.338 e. The molecule has 7 nitrogen and oxygen atoms in total. The summed E-state index contributed by atoms with van der Waals surface area (Å²) in [4.78, 5) is 33.6. The number of methoxy groups -OCH3 is 1. The maximum absolute atomic E-state index is 14.3. The van der Waals surface area contributed by atoms with E-state index in [0.29, 0.717) is 47.8 Å². The normalized spacial score (nSPS) is 23.3. The molecule has 0 saturated heterocycles. The molecule has 1 fully saturated rings. The van der Waals surface area contributed by atoms with Gasteiger partial charge in [0.15, 0.2) is 10.8 Å². The first-order valence-electron chi connectivity index (χ1n) is 10.1. The fourth-order valence-corrected chi connectivity index (χ4v) is 5.12. The number of thiazole rings is 1. The van der Waals surface area contributed by atoms with E-state index < -0.39 is 29.7 Å². The van der Waals surface area contributed by atoms with Crippen molar-refractivity contribution in [1.29, 1.82) is 0 Å². The zero-order valence-corrected chi connectivity index (χ0v) is 18.8. The molecule has 0 spiro atoms. The lowest BCUT2D eigenvalue weighted by Crippen LogP contribution is -2.38. The second kappa shape index (κ2) is 9.38. The van der Waals surface area contributed by atoms with Crippen LogP contribution in [0.1, 0.15) is 42.3 Å². The molecular formula is C22H21ClFN3O4S. The molecule has 2 N–H and O–H groups in total. The molecule has 1 aromatic heterocycles. The lowest BCUT2D eigenvalue weighted by Gasteiger charge is -2.34. The van der Waals surface area contributed by atoms with Crippen molar-refractivity contribution in [2.75, 3.05) is 7.11 Å². The topological polar surface area (TPSA) is 101 Å². The molecule has 2 heterocycles. The minimum Gasteiger partial charge on any atom is -0.481 e. The number of carbonyl (C=O) groups excluding carboxylic acids is 1. The molecule has 1 saturated carbocycles. The van der Waals surface area contributed by atoms with Crippen LogP contribution < -0.4 is 5.32 Å². The number of aromatic nitrogens is 1. The van der Waals surface area contributed by atoms with E-state index in [-0.39, 0.29) is 16.5 Å². The number of hydrogen-bond donors (Lipinski definition) is 2. The van der Waals surface area contributed by atoms with Crippen molar-refractivity contribution >= 4 is 40.7 Å². The molecule has 168 valence electrons. The summed E-state index contributed by atoms with van der Waals surface area (Å²) in [5.41, 5.74) is 1.07. The van der Waals surface area contributed by atoms with Crippen LogP contribution in [0.15, 0.2) is 46.0 Å². The van der Waals surface area contributed by atoms with Crippen LogP contribution in [0, 0.1) is 17.7 Å². The van der Waals surface area contributed by atoms with Crippen molar-refractivity contribution in [3.63, 3.8) is 0 Å². The highest BCUT2D eigenvalue weighted by molar-refractivity contribution is 7.11. The first-order chi connectivity index (χ1) is 15.4. The minimum atomic E-state index is -0.925. The summed E-state index contributed by atoms with van der Waals surface area (Å²) < 4.78 is 19.4. The van der Waals surface area contributed by atoms with E-state index in [1.54, 1.807) is 17.6 Å². The lowest BCUT2D eigenvalue weighted by atomic mass is 9.77. The molecule has 1 aliphatic carbocycles. The summed E-state index contributed by atoms with van der Waals surface area (Å²) in [5, 5.41) is 15.0. The summed E-state index contributed by atoms with van der Waals surface area (Å²) in [5.74, 6) is -2.44. The number of esters is 1. The van der Waals surface area contributed by atoms with Crippen molar-refractivity contribution in [1.82, 2.24) is 10.3 Å². The van der Waals surface area contributed by atoms with Crippen LogP contribution in [0.4, 0.5) is 4.39 Å². The maximum atomic E-state index is 14.3. The zero-order valence-electron chi connectivity index (χ0n) is 17.2. The zero-order chi connectivity index (χ0) is 22.8. The third-order valence-electron chi connectivity index (χ3n) is 5.82. The van der Waals surface area contributed by atoms with Crippen molar-refractivity contribution < 1.29 is 23.8 Å². The minimum absolute atomic E-state index is 0.130. The van der Waals surface area contributed by atoms with Crippen LogP contribution >= 0.6 is 22.9 Å². The van der Waals surface area contributed by atoms with Gasteiger partial charge in [0, 0.05) is 28.8 Å². The van der Waals surface area contributed by atoms with Crippen molar-refractivity contribution in [2.24, 2.45) is 16.8 Å². The molecule has 2 aliphatic rings. The van der Waals surface area contributed by atoms with Gasteiger partial charge in [0.05, 0.1) is 23.6 Å². The van der Waals surface area contributed by atoms with Gasteiger partial charge in [0.1, 0.15) is 11.9 Å². The number of carboxylic acid groups (broad SMARTS) is 1. The van der Waals surface area contributed by atoms with E-state index in [1.807, 2.05) is 0 Å². The summed E-state index contributed by atoms with van der Waals surface area (Å²) >= 11 is 7.64. The number of rotatable bonds is 5. The Balaban J connectivity index is 1.88. The van der Waals surface area contributed by atoms with E-state index >= 15 is 0 Å². The fraction of sp³-hybridized carbons (Fsp3) is 0.364. The number of hydrogen-bond acceptors (Lipinski definition) is 7. The third kappa shape index (κ3) is 4.27. The predicted molar refractivity (Wildman–Crippen MR) is 118 cm³/mol. The lowest BCUT2D eigenvalue weighted by molar-refractivity contribution is -0.143. The number of benzene rings is 1. The van der Waals surface area contributed by atoms with E-state index in [9.17, 15) is 19.1 Å². The van der Waals surface area contributed by atoms with Crippen LogP contribution in [0.2, 0.25) is 5.02 Å². The Morgan fingerprint density at radius 1 is 1.34 bits per heavy atom. The van der Waals surface area contributed by atoms with Gasteiger partial charge in [0.2, 0.25) is 0 Å². The molecule has 4 rings (SSSR count). The van der Waals surface area contributed by atoms with E-state index in [4.69, 9.17) is 16.3 Å². The highest BCUT2D eigenvalue weighted by Gasteiger charge is 2.39. The summed E-state index contributed by atoms with van der Waals surface area (Å²) in [7, 11) is 1.26. The van der Waals surface area contributed by atoms with Gasteiger partial charge < -0.3 is 15.2 Å². The van der Waals surface area contributed by atoms with Gasteiger partial charge in [-0.3, -0.25) is 9.79 Å². The average Bonchev–Trinajstić information content (AvgIpc) is 3.34. The number of amidine groups is 1. The molecule has 3 atom stereocenters. The van der Waals surface area contributed by atoms with E-state index in [1.165, 1.54) is 30.6 Å². The molecule has 1 aromatic carbocycles. The van der Waals surface area contributed by atoms with Crippen LogP contribution in [0.25, 0.3) is 0 Å². The number of aliphatic imine (C=N–C) groups is 1. The van der Waals surface area contributed by atoms with Crippen molar-refractivity contribution in [2.45, 2.75) is 31.7 Å². The van der Waals surface area contributed by atoms with Gasteiger partial charge in [-0.1, -0.05) is 30.2 Å². The molecule has 0 amide bonds. The third-order valence-corrected chi connectivity index (χ3v) is 7.00. The van der Waals surface area contributed by atoms with Gasteiger partial charge in [-0.25, -0.2) is 14.2 Å². The van der Waals surface area contributed by atoms with Crippen LogP contribution in [0.3, 0.4) is 0 Å². The first kappa shape index (κ1) is 22.4. The van der Waals surface area contributed by atoms with Gasteiger partial charge in [-0.2, -0.15) is 0 Å². The summed E-state index contributed by atoms with van der Waals surface area (Å²) in [6, 6.07) is 3.43. The van der Waals surface area contributed by atoms with Crippen LogP contribution in [0.5, 0.6) is 0 Å². The average molecular weight is 478 g/mol. The summed E-state index contributed by atoms with van der Waals surface area (Å²) in [6.07, 6.45) is 3.98. The first-order valence-corrected chi connectivity index (χ1v) is 11.4. The molecule has 32 heavy (non-hydrogen) atoms. The van der Waals surface area contributed by atoms with Crippen molar-refractivity contribution in [3.8, 4) is 0 Å². The Morgan fingerprint density at radius 3 is 2.84 bits per heavy atom. The largest absolute Gasteiger partial charge is 0.481 e. The molecule has 1 unspecified atom stereocenters. The van der Waals surface area contributed by atoms with E-state index in [0.717, 1.165) is 0 Å². The van der Waals surface area contributed by atoms with Gasteiger partial charge >= 0.3 is 11.9 Å². The fourth-order valence-electron chi connectivity index (χ4n) is 4.30. The molecule has 1 aliphatic heterocycles. The number of ether oxygens (including phenoxy) is 1. The molecule has 0 bridgehead atoms. The van der Waals surface area contributed by atoms with Crippen LogP contribution in [-0.4, -0.2) is 35.0 Å². The standard InChI is InChI=1S/C22H21ClFN3O4S/c1-31-22(30)15-17(11-4-2-5-12(10-11)21(28)29)26-19(20-25-8-9-32-20)27-18(15)13-6-3-7-14(24)16(13)23/h3,6-9,11-12,18H,2,4-5,10H2,1H3,(H,26,27)(H,28,29)/t11-,12+,18?/m1/s1. The van der Waals surface area contributed by atoms with Crippen LogP contribution in [-0.2, 0) is 14.3 Å². The Bertz CT molecular complexity index is 1100. The number of nitrogens with one attached hydrogen (secondary N) is 1.